The van der Waals surface area contributed by atoms with Gasteiger partial charge in [-0.1, -0.05) is 11.6 Å². The Labute approximate surface area is 77.5 Å². The van der Waals surface area contributed by atoms with Gasteiger partial charge < -0.3 is 5.73 Å². The average Bonchev–Trinajstić information content (AvgIpc) is 2.03. The predicted molar refractivity (Wildman–Crippen MR) is 44.4 cm³/mol. The molecule has 1 aromatic rings. The summed E-state index contributed by atoms with van der Waals surface area (Å²) in [6.07, 6.45) is 1.12. The van der Waals surface area contributed by atoms with Gasteiger partial charge in [0.05, 0.1) is 9.95 Å². The molecule has 1 heterocycles. The fourth-order valence-electron chi connectivity index (χ4n) is 0.758. The average molecular weight is 202 g/mol. The van der Waals surface area contributed by atoms with Gasteiger partial charge in [-0.05, 0) is 0 Å². The zero-order chi connectivity index (χ0) is 10.0. The summed E-state index contributed by atoms with van der Waals surface area (Å²) in [7, 11) is 0. The van der Waals surface area contributed by atoms with Crippen molar-refractivity contribution in [1.29, 1.82) is 0 Å². The smallest absolute Gasteiger partial charge is 0.302 e. The van der Waals surface area contributed by atoms with Gasteiger partial charge in [-0.15, -0.1) is 0 Å². The molecule has 0 aliphatic heterocycles. The first kappa shape index (κ1) is 9.40. The van der Waals surface area contributed by atoms with Crippen LogP contribution in [0.1, 0.15) is 10.5 Å². The summed E-state index contributed by atoms with van der Waals surface area (Å²) in [6.45, 7) is 0. The number of carbonyl (C=O) groups excluding carboxylic acids is 1. The second-order valence-corrected chi connectivity index (χ2v) is 2.58. The van der Waals surface area contributed by atoms with Gasteiger partial charge in [-0.25, -0.2) is 4.98 Å². The summed E-state index contributed by atoms with van der Waals surface area (Å²) in [6, 6.07) is 1.02. The van der Waals surface area contributed by atoms with Crippen LogP contribution in [-0.4, -0.2) is 15.8 Å². The molecule has 68 valence electrons. The van der Waals surface area contributed by atoms with E-state index in [1.54, 1.807) is 0 Å². The molecule has 0 aromatic carbocycles. The number of nitrogens with zero attached hydrogens (tertiary/aromatic N) is 2. The van der Waals surface area contributed by atoms with E-state index in [0.29, 0.717) is 0 Å². The van der Waals surface area contributed by atoms with E-state index in [9.17, 15) is 14.9 Å². The van der Waals surface area contributed by atoms with Gasteiger partial charge in [0.15, 0.2) is 0 Å². The van der Waals surface area contributed by atoms with Crippen molar-refractivity contribution < 1.29 is 9.72 Å². The van der Waals surface area contributed by atoms with Crippen molar-refractivity contribution in [3.63, 3.8) is 0 Å². The Balaban J connectivity index is 3.35. The largest absolute Gasteiger partial charge is 0.364 e. The number of nitrogens with two attached hydrogens (primary N) is 1. The third-order valence-corrected chi connectivity index (χ3v) is 1.47. The van der Waals surface area contributed by atoms with Crippen LogP contribution in [0.2, 0.25) is 5.02 Å². The van der Waals surface area contributed by atoms with Crippen molar-refractivity contribution in [2.75, 3.05) is 0 Å². The number of aromatic nitrogens is 1. The zero-order valence-corrected chi connectivity index (χ0v) is 6.99. The van der Waals surface area contributed by atoms with Gasteiger partial charge in [0.2, 0.25) is 5.69 Å². The highest BCUT2D eigenvalue weighted by atomic mass is 35.5. The Hall–Kier alpha value is -1.69. The zero-order valence-electron chi connectivity index (χ0n) is 6.23. The molecule has 0 saturated carbocycles. The Morgan fingerprint density at radius 2 is 2.31 bits per heavy atom. The molecule has 13 heavy (non-hydrogen) atoms. The highest BCUT2D eigenvalue weighted by Gasteiger charge is 2.19. The van der Waals surface area contributed by atoms with Crippen LogP contribution in [-0.2, 0) is 0 Å². The first-order chi connectivity index (χ1) is 6.02. The van der Waals surface area contributed by atoms with Gasteiger partial charge in [0.1, 0.15) is 0 Å². The quantitative estimate of drug-likeness (QED) is 0.563. The van der Waals surface area contributed by atoms with E-state index in [-0.39, 0.29) is 5.02 Å². The molecule has 1 aromatic heterocycles. The van der Waals surface area contributed by atoms with Gasteiger partial charge in [0, 0.05) is 12.3 Å². The minimum atomic E-state index is -0.955. The monoisotopic (exact) mass is 201 g/mol. The van der Waals surface area contributed by atoms with E-state index < -0.39 is 22.2 Å². The van der Waals surface area contributed by atoms with Crippen LogP contribution in [0.4, 0.5) is 5.69 Å². The van der Waals surface area contributed by atoms with Gasteiger partial charge >= 0.3 is 5.69 Å². The normalized spacial score (nSPS) is 9.62. The Morgan fingerprint density at radius 1 is 1.69 bits per heavy atom. The second-order valence-electron chi connectivity index (χ2n) is 2.14. The lowest BCUT2D eigenvalue weighted by Gasteiger charge is -1.96. The molecule has 6 nitrogen and oxygen atoms in total. The highest BCUT2D eigenvalue weighted by Crippen LogP contribution is 2.19. The summed E-state index contributed by atoms with van der Waals surface area (Å²) >= 11 is 5.45. The summed E-state index contributed by atoms with van der Waals surface area (Å²) in [5, 5.41) is 10.5. The van der Waals surface area contributed by atoms with Crippen LogP contribution in [0.25, 0.3) is 0 Å². The summed E-state index contributed by atoms with van der Waals surface area (Å²) in [5.74, 6) is -0.955. The van der Waals surface area contributed by atoms with Gasteiger partial charge in [-0.3, -0.25) is 14.9 Å². The number of rotatable bonds is 2. The van der Waals surface area contributed by atoms with Crippen LogP contribution < -0.4 is 5.73 Å². The fourth-order valence-corrected chi connectivity index (χ4v) is 0.910. The lowest BCUT2D eigenvalue weighted by atomic mass is 10.3. The molecule has 0 aliphatic carbocycles. The molecule has 1 rings (SSSR count). The number of amides is 1. The van der Waals surface area contributed by atoms with Crippen molar-refractivity contribution in [3.05, 3.63) is 33.1 Å². The Bertz CT molecular complexity index is 379. The minimum absolute atomic E-state index is 0.0803. The Kier molecular flexibility index (Phi) is 2.43. The first-order valence-corrected chi connectivity index (χ1v) is 3.50. The summed E-state index contributed by atoms with van der Waals surface area (Å²) in [4.78, 5) is 23.7. The maximum atomic E-state index is 10.6. The molecule has 2 N–H and O–H groups in total. The van der Waals surface area contributed by atoms with Crippen molar-refractivity contribution in [3.8, 4) is 0 Å². The fraction of sp³-hybridized carbons (Fsp3) is 0. The highest BCUT2D eigenvalue weighted by molar-refractivity contribution is 6.30. The molecule has 0 fully saturated rings. The molecular formula is C6H4ClN3O3. The lowest BCUT2D eigenvalue weighted by Crippen LogP contribution is -2.15. The topological polar surface area (TPSA) is 99.1 Å². The lowest BCUT2D eigenvalue weighted by molar-refractivity contribution is -0.385. The van der Waals surface area contributed by atoms with E-state index in [1.807, 2.05) is 0 Å². The molecule has 0 atom stereocenters. The van der Waals surface area contributed by atoms with E-state index in [1.165, 1.54) is 0 Å². The first-order valence-electron chi connectivity index (χ1n) is 3.12. The van der Waals surface area contributed by atoms with Crippen LogP contribution in [0.5, 0.6) is 0 Å². The molecule has 0 unspecified atom stereocenters. The summed E-state index contributed by atoms with van der Waals surface area (Å²) < 4.78 is 0. The molecule has 0 aliphatic rings. The van der Waals surface area contributed by atoms with E-state index in [2.05, 4.69) is 4.98 Å². The third-order valence-electron chi connectivity index (χ3n) is 1.26. The van der Waals surface area contributed by atoms with E-state index >= 15 is 0 Å². The number of primary amides is 1. The standard InChI is InChI=1S/C6H4ClN3O3/c7-3-1-4(10(12)13)5(6(8)11)9-2-3/h1-2H,(H2,8,11). The van der Waals surface area contributed by atoms with Crippen LogP contribution in [0, 0.1) is 10.1 Å². The van der Waals surface area contributed by atoms with Crippen molar-refractivity contribution in [1.82, 2.24) is 4.98 Å². The maximum absolute atomic E-state index is 10.6. The van der Waals surface area contributed by atoms with Crippen LogP contribution >= 0.6 is 11.6 Å². The molecule has 1 amide bonds. The SMILES string of the molecule is NC(=O)c1ncc(Cl)cc1[N+](=O)[O-]. The number of carbonyl (C=O) groups is 1. The number of halogens is 1. The molecule has 7 heteroatoms. The molecule has 0 radical (unpaired) electrons. The van der Waals surface area contributed by atoms with Crippen molar-refractivity contribution >= 4 is 23.2 Å². The molecule has 0 saturated heterocycles. The molecular weight excluding hydrogens is 198 g/mol. The van der Waals surface area contributed by atoms with Crippen LogP contribution in [0.15, 0.2) is 12.3 Å². The number of hydrogen-bond donors (Lipinski definition) is 1. The van der Waals surface area contributed by atoms with E-state index in [0.717, 1.165) is 12.3 Å². The minimum Gasteiger partial charge on any atom is -0.364 e. The third kappa shape index (κ3) is 1.91. The van der Waals surface area contributed by atoms with E-state index in [4.69, 9.17) is 17.3 Å². The molecule has 0 bridgehead atoms. The van der Waals surface area contributed by atoms with Gasteiger partial charge in [-0.2, -0.15) is 0 Å². The Morgan fingerprint density at radius 3 is 2.77 bits per heavy atom. The van der Waals surface area contributed by atoms with Crippen molar-refractivity contribution in [2.45, 2.75) is 0 Å². The van der Waals surface area contributed by atoms with Crippen LogP contribution in [0.3, 0.4) is 0 Å². The molecule has 0 spiro atoms. The second kappa shape index (κ2) is 3.36. The van der Waals surface area contributed by atoms with Gasteiger partial charge in [0.25, 0.3) is 5.91 Å². The predicted octanol–water partition coefficient (Wildman–Crippen LogP) is 0.742. The number of pyridine rings is 1. The maximum Gasteiger partial charge on any atom is 0.302 e. The number of nitro groups is 1. The number of hydrogen-bond acceptors (Lipinski definition) is 4. The summed E-state index contributed by atoms with van der Waals surface area (Å²) in [5.41, 5.74) is 3.97. The van der Waals surface area contributed by atoms with Crippen molar-refractivity contribution in [2.24, 2.45) is 5.73 Å².